The van der Waals surface area contributed by atoms with E-state index in [0.29, 0.717) is 16.7 Å². The fraction of sp³-hybridized carbons (Fsp3) is 0. The SMILES string of the molecule is O=C1c2ccccc2C(=O)N1/N=C\c1cnn(-c2ccccc2)c1. The zero-order chi connectivity index (χ0) is 16.5. The number of amides is 2. The molecule has 0 atom stereocenters. The molecule has 0 saturated heterocycles. The summed E-state index contributed by atoms with van der Waals surface area (Å²) < 4.78 is 1.70. The van der Waals surface area contributed by atoms with Gasteiger partial charge >= 0.3 is 0 Å². The summed E-state index contributed by atoms with van der Waals surface area (Å²) in [6, 6.07) is 16.3. The van der Waals surface area contributed by atoms with Crippen molar-refractivity contribution in [3.05, 3.63) is 83.7 Å². The number of imide groups is 1. The maximum Gasteiger partial charge on any atom is 0.282 e. The van der Waals surface area contributed by atoms with E-state index in [9.17, 15) is 9.59 Å². The van der Waals surface area contributed by atoms with Gasteiger partial charge in [-0.1, -0.05) is 30.3 Å². The summed E-state index contributed by atoms with van der Waals surface area (Å²) in [5.41, 5.74) is 2.35. The van der Waals surface area contributed by atoms with Crippen LogP contribution in [0.25, 0.3) is 5.69 Å². The van der Waals surface area contributed by atoms with E-state index in [1.54, 1.807) is 41.3 Å². The highest BCUT2D eigenvalue weighted by atomic mass is 16.2. The smallest absolute Gasteiger partial charge is 0.267 e. The number of hydrogen-bond acceptors (Lipinski definition) is 4. The Morgan fingerprint density at radius 3 is 2.17 bits per heavy atom. The Hall–Kier alpha value is -3.54. The number of benzene rings is 2. The molecule has 0 saturated carbocycles. The van der Waals surface area contributed by atoms with E-state index in [1.807, 2.05) is 30.3 Å². The minimum absolute atomic E-state index is 0.375. The highest BCUT2D eigenvalue weighted by Gasteiger charge is 2.35. The van der Waals surface area contributed by atoms with E-state index < -0.39 is 11.8 Å². The van der Waals surface area contributed by atoms with Crippen LogP contribution in [0.2, 0.25) is 0 Å². The number of aromatic nitrogens is 2. The van der Waals surface area contributed by atoms with Crippen molar-refractivity contribution < 1.29 is 9.59 Å². The van der Waals surface area contributed by atoms with Crippen molar-refractivity contribution in [2.45, 2.75) is 0 Å². The van der Waals surface area contributed by atoms with E-state index in [2.05, 4.69) is 10.2 Å². The standard InChI is InChI=1S/C18H12N4O2/c23-17-15-8-4-5-9-16(15)18(24)22(17)20-11-13-10-19-21(12-13)14-6-2-1-3-7-14/h1-12H/b20-11-. The van der Waals surface area contributed by atoms with Crippen LogP contribution in [0.5, 0.6) is 0 Å². The second-order valence-electron chi connectivity index (χ2n) is 5.27. The third-order valence-corrected chi connectivity index (χ3v) is 3.72. The average molecular weight is 316 g/mol. The van der Waals surface area contributed by atoms with E-state index in [-0.39, 0.29) is 0 Å². The summed E-state index contributed by atoms with van der Waals surface area (Å²) in [7, 11) is 0. The third-order valence-electron chi connectivity index (χ3n) is 3.72. The first kappa shape index (κ1) is 14.1. The second kappa shape index (κ2) is 5.58. The lowest BCUT2D eigenvalue weighted by molar-refractivity contribution is 0.0660. The Morgan fingerprint density at radius 2 is 1.50 bits per heavy atom. The molecule has 0 spiro atoms. The molecule has 2 amide bonds. The fourth-order valence-electron chi connectivity index (χ4n) is 2.53. The van der Waals surface area contributed by atoms with Crippen LogP contribution in [-0.2, 0) is 0 Å². The summed E-state index contributed by atoms with van der Waals surface area (Å²) in [5.74, 6) is -0.829. The van der Waals surface area contributed by atoms with Crippen LogP contribution in [0.3, 0.4) is 0 Å². The lowest BCUT2D eigenvalue weighted by Gasteiger charge is -2.04. The van der Waals surface area contributed by atoms with E-state index in [4.69, 9.17) is 0 Å². The predicted molar refractivity (Wildman–Crippen MR) is 88.1 cm³/mol. The molecule has 116 valence electrons. The summed E-state index contributed by atoms with van der Waals surface area (Å²) >= 11 is 0. The van der Waals surface area contributed by atoms with Gasteiger partial charge in [0.2, 0.25) is 0 Å². The number of para-hydroxylation sites is 1. The van der Waals surface area contributed by atoms with Gasteiger partial charge < -0.3 is 0 Å². The first-order valence-electron chi connectivity index (χ1n) is 7.36. The van der Waals surface area contributed by atoms with Crippen molar-refractivity contribution in [2.75, 3.05) is 0 Å². The largest absolute Gasteiger partial charge is 0.282 e. The first-order chi connectivity index (χ1) is 11.7. The lowest BCUT2D eigenvalue weighted by Crippen LogP contribution is -2.23. The monoisotopic (exact) mass is 316 g/mol. The second-order valence-corrected chi connectivity index (χ2v) is 5.27. The van der Waals surface area contributed by atoms with Crippen molar-refractivity contribution in [2.24, 2.45) is 5.10 Å². The van der Waals surface area contributed by atoms with Crippen molar-refractivity contribution in [3.8, 4) is 5.69 Å². The Balaban J connectivity index is 1.58. The van der Waals surface area contributed by atoms with E-state index in [0.717, 1.165) is 10.7 Å². The van der Waals surface area contributed by atoms with Crippen LogP contribution in [-0.4, -0.2) is 32.8 Å². The van der Waals surface area contributed by atoms with Gasteiger partial charge in [-0.15, -0.1) is 0 Å². The molecular formula is C18H12N4O2. The molecule has 6 heteroatoms. The average Bonchev–Trinajstić information content (AvgIpc) is 3.19. The van der Waals surface area contributed by atoms with Crippen LogP contribution in [0, 0.1) is 0 Å². The third kappa shape index (κ3) is 2.30. The Labute approximate surface area is 137 Å². The van der Waals surface area contributed by atoms with E-state index in [1.165, 1.54) is 6.21 Å². The summed E-state index contributed by atoms with van der Waals surface area (Å²) in [6.45, 7) is 0. The van der Waals surface area contributed by atoms with Gasteiger partial charge in [-0.25, -0.2) is 4.68 Å². The molecule has 1 aliphatic rings. The van der Waals surface area contributed by atoms with Crippen molar-refractivity contribution >= 4 is 18.0 Å². The topological polar surface area (TPSA) is 67.6 Å². The molecule has 3 aromatic rings. The molecule has 2 heterocycles. The highest BCUT2D eigenvalue weighted by Crippen LogP contribution is 2.22. The molecule has 4 rings (SSSR count). The van der Waals surface area contributed by atoms with Gasteiger partial charge in [0.1, 0.15) is 0 Å². The van der Waals surface area contributed by atoms with Crippen molar-refractivity contribution in [3.63, 3.8) is 0 Å². The Morgan fingerprint density at radius 1 is 0.875 bits per heavy atom. The van der Waals surface area contributed by atoms with Gasteiger partial charge in [-0.3, -0.25) is 9.59 Å². The van der Waals surface area contributed by atoms with Crippen LogP contribution in [0.1, 0.15) is 26.3 Å². The molecule has 0 fully saturated rings. The molecule has 0 N–H and O–H groups in total. The van der Waals surface area contributed by atoms with Crippen LogP contribution in [0.4, 0.5) is 0 Å². The molecule has 0 aliphatic carbocycles. The number of rotatable bonds is 3. The van der Waals surface area contributed by atoms with Gasteiger partial charge in [0.15, 0.2) is 0 Å². The quantitative estimate of drug-likeness (QED) is 0.551. The maximum atomic E-state index is 12.2. The zero-order valence-electron chi connectivity index (χ0n) is 12.5. The Kier molecular flexibility index (Phi) is 3.28. The van der Waals surface area contributed by atoms with Crippen molar-refractivity contribution in [1.82, 2.24) is 14.8 Å². The molecule has 2 aromatic carbocycles. The van der Waals surface area contributed by atoms with Crippen LogP contribution in [0.15, 0.2) is 72.1 Å². The molecule has 0 unspecified atom stereocenters. The normalized spacial score (nSPS) is 13.8. The van der Waals surface area contributed by atoms with Gasteiger partial charge in [0.25, 0.3) is 11.8 Å². The minimum Gasteiger partial charge on any atom is -0.267 e. The van der Waals surface area contributed by atoms with Crippen LogP contribution < -0.4 is 0 Å². The number of carbonyl (C=O) groups excluding carboxylic acids is 2. The lowest BCUT2D eigenvalue weighted by atomic mass is 10.1. The number of hydrogen-bond donors (Lipinski definition) is 0. The number of carbonyl (C=O) groups is 2. The minimum atomic E-state index is -0.415. The molecule has 6 nitrogen and oxygen atoms in total. The molecule has 1 aromatic heterocycles. The summed E-state index contributed by atoms with van der Waals surface area (Å²) in [6.07, 6.45) is 4.85. The molecule has 1 aliphatic heterocycles. The molecule has 24 heavy (non-hydrogen) atoms. The van der Waals surface area contributed by atoms with Gasteiger partial charge in [-0.2, -0.15) is 15.2 Å². The highest BCUT2D eigenvalue weighted by molar-refractivity contribution is 6.21. The summed E-state index contributed by atoms with van der Waals surface area (Å²) in [5, 5.41) is 9.16. The van der Waals surface area contributed by atoms with Gasteiger partial charge in [0, 0.05) is 11.8 Å². The molecular weight excluding hydrogens is 304 g/mol. The number of nitrogens with zero attached hydrogens (tertiary/aromatic N) is 4. The molecule has 0 radical (unpaired) electrons. The molecule has 0 bridgehead atoms. The summed E-state index contributed by atoms with van der Waals surface area (Å²) in [4.78, 5) is 24.5. The first-order valence-corrected chi connectivity index (χ1v) is 7.36. The fourth-order valence-corrected chi connectivity index (χ4v) is 2.53. The number of hydrazone groups is 1. The zero-order valence-corrected chi connectivity index (χ0v) is 12.5. The number of fused-ring (bicyclic) bond motifs is 1. The van der Waals surface area contributed by atoms with Gasteiger partial charge in [0.05, 0.1) is 29.2 Å². The predicted octanol–water partition coefficient (Wildman–Crippen LogP) is 2.50. The maximum absolute atomic E-state index is 12.2. The van der Waals surface area contributed by atoms with Gasteiger partial charge in [-0.05, 0) is 24.3 Å². The Bertz CT molecular complexity index is 925. The van der Waals surface area contributed by atoms with E-state index >= 15 is 0 Å². The van der Waals surface area contributed by atoms with Crippen molar-refractivity contribution in [1.29, 1.82) is 0 Å². The van der Waals surface area contributed by atoms with Crippen LogP contribution >= 0.6 is 0 Å².